The Kier molecular flexibility index (Phi) is 4.21. The van der Waals surface area contributed by atoms with Crippen molar-refractivity contribution in [1.82, 2.24) is 9.88 Å². The molecule has 0 saturated heterocycles. The van der Waals surface area contributed by atoms with Crippen LogP contribution in [-0.4, -0.2) is 41.5 Å². The first-order valence-electron chi connectivity index (χ1n) is 6.65. The Morgan fingerprint density at radius 3 is 2.89 bits per heavy atom. The first-order chi connectivity index (χ1) is 9.11. The molecule has 104 valence electrons. The number of nitrogens with two attached hydrogens (primary N) is 2. The molecule has 1 heterocycles. The number of nitrogens with one attached hydrogen (secondary N) is 1. The summed E-state index contributed by atoms with van der Waals surface area (Å²) in [7, 11) is 0. The number of aromatic nitrogens is 1. The van der Waals surface area contributed by atoms with Crippen LogP contribution in [-0.2, 0) is 0 Å². The van der Waals surface area contributed by atoms with E-state index in [0.717, 1.165) is 25.7 Å². The van der Waals surface area contributed by atoms with Gasteiger partial charge in [-0.15, -0.1) is 0 Å². The summed E-state index contributed by atoms with van der Waals surface area (Å²) in [5, 5.41) is 3.16. The normalized spacial score (nSPS) is 14.6. The van der Waals surface area contributed by atoms with Gasteiger partial charge in [-0.05, 0) is 25.5 Å². The molecule has 1 aliphatic carbocycles. The summed E-state index contributed by atoms with van der Waals surface area (Å²) in [4.78, 5) is 17.9. The lowest BCUT2D eigenvalue weighted by molar-refractivity contribution is 0.100. The van der Waals surface area contributed by atoms with Crippen LogP contribution in [0.15, 0.2) is 12.3 Å². The molecule has 0 aromatic carbocycles. The highest BCUT2D eigenvalue weighted by atomic mass is 16.1. The van der Waals surface area contributed by atoms with Gasteiger partial charge in [0.2, 0.25) is 0 Å². The summed E-state index contributed by atoms with van der Waals surface area (Å²) in [6.07, 6.45) is 4.11. The van der Waals surface area contributed by atoms with Crippen LogP contribution in [0.3, 0.4) is 0 Å². The lowest BCUT2D eigenvalue weighted by atomic mass is 10.2. The van der Waals surface area contributed by atoms with Crippen LogP contribution >= 0.6 is 0 Å². The van der Waals surface area contributed by atoms with Crippen molar-refractivity contribution >= 4 is 17.4 Å². The third-order valence-electron chi connectivity index (χ3n) is 3.34. The minimum Gasteiger partial charge on any atom is -0.397 e. The van der Waals surface area contributed by atoms with Crippen LogP contribution in [0.5, 0.6) is 0 Å². The number of anilines is 2. The molecule has 1 aromatic rings. The number of pyridine rings is 1. The van der Waals surface area contributed by atoms with Crippen molar-refractivity contribution in [3.05, 3.63) is 17.8 Å². The second-order valence-electron chi connectivity index (χ2n) is 4.82. The van der Waals surface area contributed by atoms with E-state index in [1.165, 1.54) is 19.0 Å². The molecule has 1 saturated carbocycles. The molecule has 2 rings (SSSR count). The van der Waals surface area contributed by atoms with Gasteiger partial charge in [-0.25, -0.2) is 4.98 Å². The zero-order chi connectivity index (χ0) is 13.8. The molecule has 1 fully saturated rings. The van der Waals surface area contributed by atoms with E-state index in [4.69, 9.17) is 11.5 Å². The average Bonchev–Trinajstić information content (AvgIpc) is 3.20. The molecule has 0 spiro atoms. The van der Waals surface area contributed by atoms with Crippen LogP contribution in [0.25, 0.3) is 0 Å². The molecule has 1 aromatic heterocycles. The first-order valence-corrected chi connectivity index (χ1v) is 6.65. The van der Waals surface area contributed by atoms with E-state index in [1.807, 2.05) is 0 Å². The van der Waals surface area contributed by atoms with Gasteiger partial charge < -0.3 is 16.8 Å². The molecule has 0 aliphatic heterocycles. The standard InChI is InChI=1S/C13H21N5O/c1-2-18(10-3-4-10)6-5-16-13-11(12(15)19)7-9(14)8-17-13/h7-8,10H,2-6,14H2,1H3,(H2,15,19)(H,16,17). The first kappa shape index (κ1) is 13.6. The fourth-order valence-electron chi connectivity index (χ4n) is 2.17. The van der Waals surface area contributed by atoms with Gasteiger partial charge >= 0.3 is 0 Å². The highest BCUT2D eigenvalue weighted by Gasteiger charge is 2.27. The summed E-state index contributed by atoms with van der Waals surface area (Å²) in [5.41, 5.74) is 11.7. The summed E-state index contributed by atoms with van der Waals surface area (Å²) in [6, 6.07) is 2.29. The SMILES string of the molecule is CCN(CCNc1ncc(N)cc1C(N)=O)C1CC1. The molecule has 1 aliphatic rings. The minimum atomic E-state index is -0.517. The Balaban J connectivity index is 1.93. The van der Waals surface area contributed by atoms with Gasteiger partial charge in [0.1, 0.15) is 5.82 Å². The number of nitrogens with zero attached hydrogens (tertiary/aromatic N) is 2. The van der Waals surface area contributed by atoms with E-state index < -0.39 is 5.91 Å². The number of hydrogen-bond acceptors (Lipinski definition) is 5. The number of hydrogen-bond donors (Lipinski definition) is 3. The molecule has 19 heavy (non-hydrogen) atoms. The van der Waals surface area contributed by atoms with Crippen molar-refractivity contribution in [1.29, 1.82) is 0 Å². The lowest BCUT2D eigenvalue weighted by Gasteiger charge is -2.20. The summed E-state index contributed by atoms with van der Waals surface area (Å²) >= 11 is 0. The zero-order valence-electron chi connectivity index (χ0n) is 11.2. The zero-order valence-corrected chi connectivity index (χ0v) is 11.2. The molecule has 0 bridgehead atoms. The van der Waals surface area contributed by atoms with E-state index in [9.17, 15) is 4.79 Å². The van der Waals surface area contributed by atoms with Crippen LogP contribution in [0.1, 0.15) is 30.1 Å². The molecule has 6 nitrogen and oxygen atoms in total. The maximum Gasteiger partial charge on any atom is 0.252 e. The fourth-order valence-corrected chi connectivity index (χ4v) is 2.17. The van der Waals surface area contributed by atoms with Gasteiger partial charge in [0, 0.05) is 19.1 Å². The third-order valence-corrected chi connectivity index (χ3v) is 3.34. The van der Waals surface area contributed by atoms with Gasteiger partial charge in [-0.2, -0.15) is 0 Å². The molecule has 0 unspecified atom stereocenters. The Morgan fingerprint density at radius 2 is 2.32 bits per heavy atom. The number of carbonyl (C=O) groups excluding carboxylic acids is 1. The summed E-state index contributed by atoms with van der Waals surface area (Å²) in [6.45, 7) is 4.88. The lowest BCUT2D eigenvalue weighted by Crippen LogP contribution is -2.31. The predicted molar refractivity (Wildman–Crippen MR) is 75.9 cm³/mol. The number of amides is 1. The van der Waals surface area contributed by atoms with Crippen molar-refractivity contribution in [3.8, 4) is 0 Å². The van der Waals surface area contributed by atoms with Crippen molar-refractivity contribution < 1.29 is 4.79 Å². The fraction of sp³-hybridized carbons (Fsp3) is 0.538. The van der Waals surface area contributed by atoms with Crippen LogP contribution in [0, 0.1) is 0 Å². The average molecular weight is 263 g/mol. The number of primary amides is 1. The number of rotatable bonds is 7. The number of nitrogen functional groups attached to an aromatic ring is 1. The van der Waals surface area contributed by atoms with Crippen molar-refractivity contribution in [2.45, 2.75) is 25.8 Å². The van der Waals surface area contributed by atoms with Gasteiger partial charge in [-0.1, -0.05) is 6.92 Å². The topological polar surface area (TPSA) is 97.3 Å². The molecular weight excluding hydrogens is 242 g/mol. The van der Waals surface area contributed by atoms with Crippen LogP contribution in [0.4, 0.5) is 11.5 Å². The molecule has 1 amide bonds. The van der Waals surface area contributed by atoms with E-state index in [2.05, 4.69) is 22.1 Å². The van der Waals surface area contributed by atoms with E-state index >= 15 is 0 Å². The highest BCUT2D eigenvalue weighted by molar-refractivity contribution is 5.98. The second-order valence-corrected chi connectivity index (χ2v) is 4.82. The third kappa shape index (κ3) is 3.57. The Bertz CT molecular complexity index is 458. The van der Waals surface area contributed by atoms with Crippen LogP contribution in [0.2, 0.25) is 0 Å². The van der Waals surface area contributed by atoms with Crippen molar-refractivity contribution in [3.63, 3.8) is 0 Å². The summed E-state index contributed by atoms with van der Waals surface area (Å²) < 4.78 is 0. The van der Waals surface area contributed by atoms with E-state index in [0.29, 0.717) is 17.1 Å². The molecule has 0 atom stereocenters. The predicted octanol–water partition coefficient (Wildman–Crippen LogP) is 0.659. The largest absolute Gasteiger partial charge is 0.397 e. The second kappa shape index (κ2) is 5.88. The maximum absolute atomic E-state index is 11.3. The Morgan fingerprint density at radius 1 is 1.58 bits per heavy atom. The van der Waals surface area contributed by atoms with Crippen LogP contribution < -0.4 is 16.8 Å². The molecule has 5 N–H and O–H groups in total. The van der Waals surface area contributed by atoms with Crippen molar-refractivity contribution in [2.24, 2.45) is 5.73 Å². The minimum absolute atomic E-state index is 0.342. The monoisotopic (exact) mass is 263 g/mol. The summed E-state index contributed by atoms with van der Waals surface area (Å²) in [5.74, 6) is -0.00890. The van der Waals surface area contributed by atoms with Gasteiger partial charge in [0.15, 0.2) is 0 Å². The molecular formula is C13H21N5O. The smallest absolute Gasteiger partial charge is 0.252 e. The maximum atomic E-state index is 11.3. The number of carbonyl (C=O) groups is 1. The Hall–Kier alpha value is -1.82. The van der Waals surface area contributed by atoms with Gasteiger partial charge in [0.25, 0.3) is 5.91 Å². The van der Waals surface area contributed by atoms with E-state index in [-0.39, 0.29) is 0 Å². The van der Waals surface area contributed by atoms with Crippen molar-refractivity contribution in [2.75, 3.05) is 30.7 Å². The quantitative estimate of drug-likeness (QED) is 0.671. The van der Waals surface area contributed by atoms with E-state index in [1.54, 1.807) is 6.07 Å². The molecule has 6 heteroatoms. The van der Waals surface area contributed by atoms with Gasteiger partial charge in [0.05, 0.1) is 17.4 Å². The number of likely N-dealkylation sites (N-methyl/N-ethyl adjacent to an activating group) is 1. The van der Waals surface area contributed by atoms with Gasteiger partial charge in [-0.3, -0.25) is 9.69 Å². The Labute approximate surface area is 113 Å². The molecule has 0 radical (unpaired) electrons. The highest BCUT2D eigenvalue weighted by Crippen LogP contribution is 2.26.